The van der Waals surface area contributed by atoms with Gasteiger partial charge in [-0.25, -0.2) is 13.5 Å². The molecule has 1 amide bonds. The molecule has 0 atom stereocenters. The second-order valence-corrected chi connectivity index (χ2v) is 8.09. The summed E-state index contributed by atoms with van der Waals surface area (Å²) in [5.74, 6) is -1.38. The van der Waals surface area contributed by atoms with E-state index in [2.05, 4.69) is 20.6 Å². The molecule has 0 radical (unpaired) electrons. The Kier molecular flexibility index (Phi) is 4.68. The second kappa shape index (κ2) is 7.06. The Morgan fingerprint density at radius 2 is 2.03 bits per heavy atom. The van der Waals surface area contributed by atoms with Gasteiger partial charge in [-0.1, -0.05) is 25.9 Å². The molecule has 0 bridgehead atoms. The summed E-state index contributed by atoms with van der Waals surface area (Å²) < 4.78 is 33.7. The van der Waals surface area contributed by atoms with Crippen LogP contribution in [0.3, 0.4) is 0 Å². The molecule has 0 fully saturated rings. The third-order valence-electron chi connectivity index (χ3n) is 4.81. The van der Waals surface area contributed by atoms with Crippen molar-refractivity contribution in [2.45, 2.75) is 52.0 Å². The van der Waals surface area contributed by atoms with E-state index in [4.69, 9.17) is 4.52 Å². The van der Waals surface area contributed by atoms with Gasteiger partial charge in [-0.05, 0) is 31.4 Å². The summed E-state index contributed by atoms with van der Waals surface area (Å²) in [5, 5.41) is 11.0. The number of aromatic nitrogens is 4. The number of benzene rings is 1. The van der Waals surface area contributed by atoms with E-state index in [0.29, 0.717) is 30.2 Å². The summed E-state index contributed by atoms with van der Waals surface area (Å²) in [5.41, 5.74) is 2.06. The summed E-state index contributed by atoms with van der Waals surface area (Å²) in [6.07, 6.45) is 2.30. The van der Waals surface area contributed by atoms with Crippen molar-refractivity contribution in [2.24, 2.45) is 0 Å². The van der Waals surface area contributed by atoms with Crippen LogP contribution in [0.25, 0.3) is 5.69 Å². The first-order valence-electron chi connectivity index (χ1n) is 9.41. The van der Waals surface area contributed by atoms with E-state index in [0.717, 1.165) is 29.8 Å². The first-order valence-corrected chi connectivity index (χ1v) is 9.41. The van der Waals surface area contributed by atoms with Crippen molar-refractivity contribution in [1.82, 2.24) is 25.2 Å². The van der Waals surface area contributed by atoms with Gasteiger partial charge in [-0.15, -0.1) is 0 Å². The number of hydrogen-bond acceptors (Lipinski definition) is 5. The van der Waals surface area contributed by atoms with Crippen molar-refractivity contribution in [3.05, 3.63) is 58.5 Å². The number of rotatable bonds is 4. The topological polar surface area (TPSA) is 85.8 Å². The highest BCUT2D eigenvalue weighted by atomic mass is 19.2. The summed E-state index contributed by atoms with van der Waals surface area (Å²) in [6, 6.07) is 3.57. The van der Waals surface area contributed by atoms with Gasteiger partial charge >= 0.3 is 0 Å². The molecule has 0 saturated heterocycles. The first kappa shape index (κ1) is 19.2. The molecular weight excluding hydrogens is 380 g/mol. The number of nitrogens with one attached hydrogen (secondary N) is 1. The molecule has 0 saturated carbocycles. The minimum atomic E-state index is -0.956. The van der Waals surface area contributed by atoms with Crippen LogP contribution in [0.4, 0.5) is 8.78 Å². The third kappa shape index (κ3) is 3.64. The molecule has 1 aromatic carbocycles. The van der Waals surface area contributed by atoms with E-state index >= 15 is 0 Å². The van der Waals surface area contributed by atoms with E-state index in [9.17, 15) is 13.6 Å². The number of amides is 1. The molecule has 7 nitrogen and oxygen atoms in total. The maximum Gasteiger partial charge on any atom is 0.272 e. The van der Waals surface area contributed by atoms with Crippen molar-refractivity contribution in [3.63, 3.8) is 0 Å². The second-order valence-electron chi connectivity index (χ2n) is 8.09. The maximum atomic E-state index is 13.7. The Labute approximate surface area is 166 Å². The highest BCUT2D eigenvalue weighted by Gasteiger charge is 2.28. The van der Waals surface area contributed by atoms with Crippen LogP contribution in [-0.4, -0.2) is 25.8 Å². The lowest BCUT2D eigenvalue weighted by molar-refractivity contribution is 0.0943. The molecule has 29 heavy (non-hydrogen) atoms. The van der Waals surface area contributed by atoms with Gasteiger partial charge in [0.1, 0.15) is 0 Å². The molecule has 4 rings (SSSR count). The quantitative estimate of drug-likeness (QED) is 0.725. The summed E-state index contributed by atoms with van der Waals surface area (Å²) in [7, 11) is 0. The van der Waals surface area contributed by atoms with Crippen LogP contribution in [0.2, 0.25) is 0 Å². The fraction of sp³-hybridized carbons (Fsp3) is 0.400. The van der Waals surface area contributed by atoms with Gasteiger partial charge in [0.05, 0.1) is 12.2 Å². The lowest BCUT2D eigenvalue weighted by atomic mass is 9.97. The minimum Gasteiger partial charge on any atom is -0.343 e. The first-order chi connectivity index (χ1) is 13.7. The number of nitrogens with zero attached hydrogens (tertiary/aromatic N) is 4. The van der Waals surface area contributed by atoms with Crippen molar-refractivity contribution in [3.8, 4) is 5.69 Å². The molecule has 2 aromatic heterocycles. The van der Waals surface area contributed by atoms with Gasteiger partial charge < -0.3 is 9.84 Å². The minimum absolute atomic E-state index is 0.102. The van der Waals surface area contributed by atoms with Crippen molar-refractivity contribution in [1.29, 1.82) is 0 Å². The van der Waals surface area contributed by atoms with Gasteiger partial charge in [0.2, 0.25) is 5.89 Å². The zero-order valence-electron chi connectivity index (χ0n) is 16.4. The zero-order valence-corrected chi connectivity index (χ0v) is 16.4. The third-order valence-corrected chi connectivity index (χ3v) is 4.81. The molecular formula is C20H21F2N5O2. The van der Waals surface area contributed by atoms with E-state index in [1.54, 1.807) is 0 Å². The van der Waals surface area contributed by atoms with E-state index in [-0.39, 0.29) is 23.6 Å². The van der Waals surface area contributed by atoms with Crippen molar-refractivity contribution >= 4 is 5.91 Å². The van der Waals surface area contributed by atoms with Crippen LogP contribution in [0.15, 0.2) is 22.7 Å². The van der Waals surface area contributed by atoms with Crippen LogP contribution in [0, 0.1) is 11.6 Å². The SMILES string of the molecule is CC(C)(C)c1nc(CNC(=O)c2nn(-c3ccc(F)c(F)c3)c3c2CCC3)no1. The van der Waals surface area contributed by atoms with Crippen LogP contribution < -0.4 is 5.32 Å². The smallest absolute Gasteiger partial charge is 0.272 e. The summed E-state index contributed by atoms with van der Waals surface area (Å²) in [6.45, 7) is 5.97. The average molecular weight is 401 g/mol. The van der Waals surface area contributed by atoms with E-state index < -0.39 is 11.6 Å². The maximum absolute atomic E-state index is 13.7. The largest absolute Gasteiger partial charge is 0.343 e. The standard InChI is InChI=1S/C20H21F2N5O2/c1-20(2,3)19-24-16(26-29-19)10-23-18(28)17-12-5-4-6-15(12)27(25-17)11-7-8-13(21)14(22)9-11/h7-9H,4-6,10H2,1-3H3,(H,23,28). The molecule has 3 aromatic rings. The Balaban J connectivity index is 1.56. The highest BCUT2D eigenvalue weighted by Crippen LogP contribution is 2.28. The summed E-state index contributed by atoms with van der Waals surface area (Å²) in [4.78, 5) is 17.0. The number of carbonyl (C=O) groups excluding carboxylic acids is 1. The molecule has 9 heteroatoms. The van der Waals surface area contributed by atoms with Crippen LogP contribution in [0.1, 0.15) is 60.7 Å². The number of hydrogen-bond donors (Lipinski definition) is 1. The predicted octanol–water partition coefficient (Wildman–Crippen LogP) is 3.25. The molecule has 1 N–H and O–H groups in total. The van der Waals surface area contributed by atoms with Crippen LogP contribution in [-0.2, 0) is 24.8 Å². The number of fused-ring (bicyclic) bond motifs is 1. The molecule has 0 aliphatic heterocycles. The van der Waals surface area contributed by atoms with E-state index in [1.807, 2.05) is 20.8 Å². The Morgan fingerprint density at radius 3 is 2.72 bits per heavy atom. The molecule has 2 heterocycles. The zero-order chi connectivity index (χ0) is 20.8. The van der Waals surface area contributed by atoms with Gasteiger partial charge in [-0.2, -0.15) is 10.1 Å². The monoisotopic (exact) mass is 401 g/mol. The molecule has 152 valence electrons. The van der Waals surface area contributed by atoms with Crippen LogP contribution in [0.5, 0.6) is 0 Å². The Hall–Kier alpha value is -3.10. The Morgan fingerprint density at radius 1 is 1.24 bits per heavy atom. The highest BCUT2D eigenvalue weighted by molar-refractivity contribution is 5.94. The van der Waals surface area contributed by atoms with Crippen molar-refractivity contribution in [2.75, 3.05) is 0 Å². The van der Waals surface area contributed by atoms with E-state index in [1.165, 1.54) is 10.7 Å². The fourth-order valence-electron chi connectivity index (χ4n) is 3.32. The number of carbonyl (C=O) groups is 1. The summed E-state index contributed by atoms with van der Waals surface area (Å²) >= 11 is 0. The van der Waals surface area contributed by atoms with Gasteiger partial charge in [0.15, 0.2) is 23.2 Å². The van der Waals surface area contributed by atoms with Gasteiger partial charge in [0.25, 0.3) is 5.91 Å². The molecule has 0 spiro atoms. The van der Waals surface area contributed by atoms with Gasteiger partial charge in [0, 0.05) is 22.7 Å². The average Bonchev–Trinajstić information content (AvgIpc) is 3.37. The molecule has 1 aliphatic carbocycles. The van der Waals surface area contributed by atoms with Crippen molar-refractivity contribution < 1.29 is 18.1 Å². The molecule has 1 aliphatic rings. The fourth-order valence-corrected chi connectivity index (χ4v) is 3.32. The van der Waals surface area contributed by atoms with Gasteiger partial charge in [-0.3, -0.25) is 4.79 Å². The predicted molar refractivity (Wildman–Crippen MR) is 99.7 cm³/mol. The normalized spacial score (nSPS) is 13.6. The number of halogens is 2. The molecule has 0 unspecified atom stereocenters. The lowest BCUT2D eigenvalue weighted by Gasteiger charge is -2.10. The Bertz CT molecular complexity index is 1080. The van der Waals surface area contributed by atoms with Crippen LogP contribution >= 0.6 is 0 Å². The lowest BCUT2D eigenvalue weighted by Crippen LogP contribution is -2.25.